The molecule has 1 aliphatic heterocycles. The van der Waals surface area contributed by atoms with E-state index in [1.807, 2.05) is 0 Å². The van der Waals surface area contributed by atoms with Crippen molar-refractivity contribution in [3.8, 4) is 0 Å². The first-order valence-corrected chi connectivity index (χ1v) is 6.03. The van der Waals surface area contributed by atoms with Crippen molar-refractivity contribution in [2.75, 3.05) is 5.32 Å². The van der Waals surface area contributed by atoms with Gasteiger partial charge in [-0.15, -0.1) is 5.10 Å². The van der Waals surface area contributed by atoms with Crippen molar-refractivity contribution in [3.05, 3.63) is 5.82 Å². The Bertz CT molecular complexity index is 449. The van der Waals surface area contributed by atoms with Crippen molar-refractivity contribution in [2.45, 2.75) is 51.8 Å². The first-order valence-electron chi connectivity index (χ1n) is 6.03. The van der Waals surface area contributed by atoms with Crippen molar-refractivity contribution in [1.82, 2.24) is 14.8 Å². The van der Waals surface area contributed by atoms with Gasteiger partial charge in [0.2, 0.25) is 0 Å². The molecule has 2 heterocycles. The zero-order valence-electron chi connectivity index (χ0n) is 10.9. The second-order valence-corrected chi connectivity index (χ2v) is 5.46. The molecule has 1 amide bonds. The Balaban J connectivity index is 2.01. The lowest BCUT2D eigenvalue weighted by molar-refractivity contribution is 0.0634. The molecule has 3 N–H and O–H groups in total. The topological polar surface area (TPSA) is 95.1 Å². The van der Waals surface area contributed by atoms with Crippen LogP contribution in [0.4, 0.5) is 10.7 Å². The van der Waals surface area contributed by atoms with E-state index in [1.54, 1.807) is 25.5 Å². The molecule has 7 heteroatoms. The lowest BCUT2D eigenvalue weighted by Crippen LogP contribution is -2.32. The average Bonchev–Trinajstić information content (AvgIpc) is 2.55. The van der Waals surface area contributed by atoms with E-state index in [0.29, 0.717) is 6.54 Å². The van der Waals surface area contributed by atoms with Crippen LogP contribution in [0.3, 0.4) is 0 Å². The van der Waals surface area contributed by atoms with E-state index in [2.05, 4.69) is 15.4 Å². The number of nitrogens with zero attached hydrogens (tertiary/aromatic N) is 3. The van der Waals surface area contributed by atoms with E-state index < -0.39 is 11.7 Å². The van der Waals surface area contributed by atoms with Crippen molar-refractivity contribution in [3.63, 3.8) is 0 Å². The van der Waals surface area contributed by atoms with Crippen LogP contribution in [0.5, 0.6) is 0 Å². The molecule has 0 fully saturated rings. The van der Waals surface area contributed by atoms with Gasteiger partial charge in [-0.2, -0.15) is 4.98 Å². The number of nitrogens with one attached hydrogen (secondary N) is 1. The molecular weight excluding hydrogens is 234 g/mol. The maximum atomic E-state index is 11.6. The Labute approximate surface area is 106 Å². The van der Waals surface area contributed by atoms with Crippen molar-refractivity contribution in [1.29, 1.82) is 0 Å². The number of fused-ring (bicyclic) bond motifs is 1. The molecule has 1 atom stereocenters. The van der Waals surface area contributed by atoms with Crippen molar-refractivity contribution >= 4 is 12.0 Å². The van der Waals surface area contributed by atoms with E-state index >= 15 is 0 Å². The largest absolute Gasteiger partial charge is 0.444 e. The van der Waals surface area contributed by atoms with Gasteiger partial charge in [0.1, 0.15) is 11.4 Å². The minimum Gasteiger partial charge on any atom is -0.444 e. The molecule has 1 aromatic heterocycles. The standard InChI is InChI=1S/C11H19N5O2/c1-11(2,3)18-10(17)14-9-13-8-5-4-7(12)6-16(8)15-9/h7H,4-6,12H2,1-3H3,(H,14,15,17). The minimum absolute atomic E-state index is 0.105. The van der Waals surface area contributed by atoms with Crippen LogP contribution >= 0.6 is 0 Å². The quantitative estimate of drug-likeness (QED) is 0.775. The van der Waals surface area contributed by atoms with Crippen LogP contribution in [-0.2, 0) is 17.7 Å². The number of anilines is 1. The lowest BCUT2D eigenvalue weighted by Gasteiger charge is -2.18. The molecule has 18 heavy (non-hydrogen) atoms. The third-order valence-corrected chi connectivity index (χ3v) is 2.51. The van der Waals surface area contributed by atoms with Crippen LogP contribution in [0.2, 0.25) is 0 Å². The Morgan fingerprint density at radius 3 is 2.94 bits per heavy atom. The molecule has 1 aromatic rings. The number of aryl methyl sites for hydroxylation is 1. The van der Waals surface area contributed by atoms with Crippen LogP contribution in [0.25, 0.3) is 0 Å². The predicted octanol–water partition coefficient (Wildman–Crippen LogP) is 0.899. The Kier molecular flexibility index (Phi) is 3.25. The number of rotatable bonds is 1. The molecule has 1 unspecified atom stereocenters. The monoisotopic (exact) mass is 253 g/mol. The van der Waals surface area contributed by atoms with Gasteiger partial charge in [-0.1, -0.05) is 0 Å². The molecule has 0 spiro atoms. The average molecular weight is 253 g/mol. The molecule has 0 aliphatic carbocycles. The summed E-state index contributed by atoms with van der Waals surface area (Å²) in [5.41, 5.74) is 5.31. The fraction of sp³-hybridized carbons (Fsp3) is 0.727. The number of amides is 1. The SMILES string of the molecule is CC(C)(C)OC(=O)Nc1nc2n(n1)CC(N)CC2. The number of carbonyl (C=O) groups is 1. The van der Waals surface area contributed by atoms with Crippen LogP contribution in [0.1, 0.15) is 33.0 Å². The van der Waals surface area contributed by atoms with E-state index in [0.717, 1.165) is 18.7 Å². The smallest absolute Gasteiger partial charge is 0.414 e. The fourth-order valence-electron chi connectivity index (χ4n) is 1.78. The Morgan fingerprint density at radius 1 is 1.56 bits per heavy atom. The van der Waals surface area contributed by atoms with Gasteiger partial charge < -0.3 is 10.5 Å². The molecule has 0 saturated carbocycles. The summed E-state index contributed by atoms with van der Waals surface area (Å²) in [6, 6.07) is 0.105. The molecule has 0 aromatic carbocycles. The summed E-state index contributed by atoms with van der Waals surface area (Å²) in [6.45, 7) is 6.05. The molecule has 2 rings (SSSR count). The zero-order chi connectivity index (χ0) is 13.3. The van der Waals surface area contributed by atoms with E-state index in [4.69, 9.17) is 10.5 Å². The van der Waals surface area contributed by atoms with Gasteiger partial charge in [0, 0.05) is 12.5 Å². The molecule has 7 nitrogen and oxygen atoms in total. The summed E-state index contributed by atoms with van der Waals surface area (Å²) in [5.74, 6) is 1.12. The highest BCUT2D eigenvalue weighted by Crippen LogP contribution is 2.14. The van der Waals surface area contributed by atoms with E-state index in [9.17, 15) is 4.79 Å². The van der Waals surface area contributed by atoms with Gasteiger partial charge in [-0.3, -0.25) is 5.32 Å². The summed E-state index contributed by atoms with van der Waals surface area (Å²) in [7, 11) is 0. The highest BCUT2D eigenvalue weighted by Gasteiger charge is 2.21. The summed E-state index contributed by atoms with van der Waals surface area (Å²) in [6.07, 6.45) is 1.13. The van der Waals surface area contributed by atoms with Gasteiger partial charge in [0.25, 0.3) is 5.95 Å². The van der Waals surface area contributed by atoms with Crippen LogP contribution in [0.15, 0.2) is 0 Å². The van der Waals surface area contributed by atoms with Gasteiger partial charge in [0.05, 0.1) is 6.54 Å². The van der Waals surface area contributed by atoms with Crippen molar-refractivity contribution < 1.29 is 9.53 Å². The van der Waals surface area contributed by atoms with Crippen LogP contribution in [-0.4, -0.2) is 32.5 Å². The molecule has 0 saturated heterocycles. The summed E-state index contributed by atoms with van der Waals surface area (Å²) in [5, 5.41) is 6.71. The Hall–Kier alpha value is -1.63. The molecule has 100 valence electrons. The number of aromatic nitrogens is 3. The summed E-state index contributed by atoms with van der Waals surface area (Å²) < 4.78 is 6.87. The highest BCUT2D eigenvalue weighted by atomic mass is 16.6. The Morgan fingerprint density at radius 2 is 2.28 bits per heavy atom. The number of hydrogen-bond acceptors (Lipinski definition) is 5. The normalized spacial score (nSPS) is 19.2. The highest BCUT2D eigenvalue weighted by molar-refractivity contribution is 5.82. The third-order valence-electron chi connectivity index (χ3n) is 2.51. The zero-order valence-corrected chi connectivity index (χ0v) is 10.9. The summed E-state index contributed by atoms with van der Waals surface area (Å²) >= 11 is 0. The van der Waals surface area contributed by atoms with E-state index in [1.165, 1.54) is 0 Å². The van der Waals surface area contributed by atoms with Gasteiger partial charge >= 0.3 is 6.09 Å². The fourth-order valence-corrected chi connectivity index (χ4v) is 1.78. The van der Waals surface area contributed by atoms with E-state index in [-0.39, 0.29) is 12.0 Å². The van der Waals surface area contributed by atoms with Gasteiger partial charge in [-0.25, -0.2) is 9.48 Å². The van der Waals surface area contributed by atoms with Crippen LogP contribution < -0.4 is 11.1 Å². The first kappa shape index (κ1) is 12.8. The minimum atomic E-state index is -0.547. The van der Waals surface area contributed by atoms with Crippen molar-refractivity contribution in [2.24, 2.45) is 5.73 Å². The maximum absolute atomic E-state index is 11.6. The number of hydrogen-bond donors (Lipinski definition) is 2. The summed E-state index contributed by atoms with van der Waals surface area (Å²) in [4.78, 5) is 15.8. The second kappa shape index (κ2) is 4.56. The predicted molar refractivity (Wildman–Crippen MR) is 66.2 cm³/mol. The maximum Gasteiger partial charge on any atom is 0.414 e. The molecule has 0 radical (unpaired) electrons. The number of nitrogens with two attached hydrogens (primary N) is 1. The number of ether oxygens (including phenoxy) is 1. The molecule has 1 aliphatic rings. The van der Waals surface area contributed by atoms with Gasteiger partial charge in [-0.05, 0) is 27.2 Å². The first-order chi connectivity index (χ1) is 8.33. The van der Waals surface area contributed by atoms with Crippen LogP contribution in [0, 0.1) is 0 Å². The third kappa shape index (κ3) is 3.19. The second-order valence-electron chi connectivity index (χ2n) is 5.46. The molecular formula is C11H19N5O2. The van der Waals surface area contributed by atoms with Gasteiger partial charge in [0.15, 0.2) is 0 Å². The molecule has 0 bridgehead atoms. The number of carbonyl (C=O) groups excluding carboxylic acids is 1. The lowest BCUT2D eigenvalue weighted by atomic mass is 10.1.